The van der Waals surface area contributed by atoms with E-state index in [-0.39, 0.29) is 17.6 Å². The van der Waals surface area contributed by atoms with E-state index in [1.807, 2.05) is 12.1 Å². The fraction of sp³-hybridized carbons (Fsp3) is 0.529. The van der Waals surface area contributed by atoms with Gasteiger partial charge in [-0.05, 0) is 30.5 Å². The number of aryl methyl sites for hydroxylation is 1. The number of carbonyl (C=O) groups is 2. The largest absolute Gasteiger partial charge is 0.468 e. The van der Waals surface area contributed by atoms with Crippen LogP contribution in [0.3, 0.4) is 0 Å². The third-order valence-electron chi connectivity index (χ3n) is 3.23. The van der Waals surface area contributed by atoms with Crippen LogP contribution in [-0.4, -0.2) is 30.5 Å². The van der Waals surface area contributed by atoms with Gasteiger partial charge in [-0.15, -0.1) is 11.8 Å². The summed E-state index contributed by atoms with van der Waals surface area (Å²) in [5.41, 5.74) is 2.13. The maximum Gasteiger partial charge on any atom is 0.315 e. The highest BCUT2D eigenvalue weighted by molar-refractivity contribution is 7.99. The van der Waals surface area contributed by atoms with Crippen molar-refractivity contribution >= 4 is 29.3 Å². The van der Waals surface area contributed by atoms with Gasteiger partial charge in [-0.2, -0.15) is 0 Å². The molecule has 0 bridgehead atoms. The van der Waals surface area contributed by atoms with Gasteiger partial charge in [0, 0.05) is 17.9 Å². The van der Waals surface area contributed by atoms with E-state index >= 15 is 0 Å². The van der Waals surface area contributed by atoms with Gasteiger partial charge in [0.1, 0.15) is 0 Å². The van der Waals surface area contributed by atoms with E-state index in [0.29, 0.717) is 12.2 Å². The third-order valence-corrected chi connectivity index (χ3v) is 4.16. The molecule has 5 heteroatoms. The zero-order chi connectivity index (χ0) is 16.2. The standard InChI is InChI=1S/C17H25NO3S/c1-3-4-5-6-14-7-9-15(10-8-14)18-16(19)11-12-22-13-17(20)21-2/h7-10H,3-6,11-13H2,1-2H3,(H,18,19). The van der Waals surface area contributed by atoms with Crippen LogP contribution in [0.5, 0.6) is 0 Å². The molecule has 1 rings (SSSR count). The normalized spacial score (nSPS) is 10.3. The number of hydrogen-bond donors (Lipinski definition) is 1. The maximum atomic E-state index is 11.8. The molecule has 0 saturated carbocycles. The van der Waals surface area contributed by atoms with Crippen molar-refractivity contribution in [3.05, 3.63) is 29.8 Å². The number of esters is 1. The van der Waals surface area contributed by atoms with E-state index in [1.165, 1.54) is 43.7 Å². The molecule has 0 unspecified atom stereocenters. The molecule has 0 radical (unpaired) electrons. The lowest BCUT2D eigenvalue weighted by molar-refractivity contribution is -0.137. The van der Waals surface area contributed by atoms with Crippen LogP contribution < -0.4 is 5.32 Å². The van der Waals surface area contributed by atoms with Crippen LogP contribution in [0, 0.1) is 0 Å². The summed E-state index contributed by atoms with van der Waals surface area (Å²) in [6.07, 6.45) is 5.16. The number of carbonyl (C=O) groups excluding carboxylic acids is 2. The second kappa shape index (κ2) is 11.1. The summed E-state index contributed by atoms with van der Waals surface area (Å²) in [5, 5.41) is 2.87. The Hall–Kier alpha value is -1.49. The second-order valence-electron chi connectivity index (χ2n) is 5.08. The molecule has 1 N–H and O–H groups in total. The molecular weight excluding hydrogens is 298 g/mol. The Labute approximate surface area is 137 Å². The Morgan fingerprint density at radius 1 is 1.18 bits per heavy atom. The van der Waals surface area contributed by atoms with Crippen molar-refractivity contribution in [2.45, 2.75) is 39.0 Å². The number of anilines is 1. The number of nitrogens with one attached hydrogen (secondary N) is 1. The summed E-state index contributed by atoms with van der Waals surface area (Å²) in [7, 11) is 1.36. The average molecular weight is 323 g/mol. The Morgan fingerprint density at radius 3 is 2.55 bits per heavy atom. The monoisotopic (exact) mass is 323 g/mol. The number of thioether (sulfide) groups is 1. The van der Waals surface area contributed by atoms with E-state index in [4.69, 9.17) is 0 Å². The first kappa shape index (κ1) is 18.6. The van der Waals surface area contributed by atoms with E-state index < -0.39 is 0 Å². The zero-order valence-corrected chi connectivity index (χ0v) is 14.2. The Bertz CT molecular complexity index is 459. The number of unbranched alkanes of at least 4 members (excludes halogenated alkanes) is 2. The Balaban J connectivity index is 2.25. The highest BCUT2D eigenvalue weighted by Crippen LogP contribution is 2.13. The molecule has 0 spiro atoms. The SMILES string of the molecule is CCCCCc1ccc(NC(=O)CCSCC(=O)OC)cc1. The van der Waals surface area contributed by atoms with E-state index in [1.54, 1.807) is 0 Å². The van der Waals surface area contributed by atoms with Gasteiger partial charge in [-0.1, -0.05) is 31.9 Å². The summed E-state index contributed by atoms with van der Waals surface area (Å²) >= 11 is 1.40. The van der Waals surface area contributed by atoms with Gasteiger partial charge in [-0.25, -0.2) is 0 Å². The lowest BCUT2D eigenvalue weighted by atomic mass is 10.1. The summed E-state index contributed by atoms with van der Waals surface area (Å²) in [4.78, 5) is 22.7. The summed E-state index contributed by atoms with van der Waals surface area (Å²) in [5.74, 6) is 0.604. The number of rotatable bonds is 10. The molecule has 1 aromatic carbocycles. The number of ether oxygens (including phenoxy) is 1. The number of benzene rings is 1. The lowest BCUT2D eigenvalue weighted by Crippen LogP contribution is -2.13. The third kappa shape index (κ3) is 8.08. The van der Waals surface area contributed by atoms with Gasteiger partial charge < -0.3 is 10.1 Å². The Kier molecular flexibility index (Phi) is 9.39. The average Bonchev–Trinajstić information content (AvgIpc) is 2.53. The fourth-order valence-corrected chi connectivity index (χ4v) is 2.70. The first-order valence-electron chi connectivity index (χ1n) is 7.69. The smallest absolute Gasteiger partial charge is 0.315 e. The zero-order valence-electron chi connectivity index (χ0n) is 13.4. The van der Waals surface area contributed by atoms with Crippen LogP contribution in [-0.2, 0) is 20.7 Å². The van der Waals surface area contributed by atoms with Gasteiger partial charge in [0.15, 0.2) is 0 Å². The van der Waals surface area contributed by atoms with E-state index in [0.717, 1.165) is 12.1 Å². The van der Waals surface area contributed by atoms with Gasteiger partial charge in [0.25, 0.3) is 0 Å². The van der Waals surface area contributed by atoms with Crippen LogP contribution in [0.15, 0.2) is 24.3 Å². The molecule has 1 amide bonds. The molecule has 1 aromatic rings. The quantitative estimate of drug-likeness (QED) is 0.527. The summed E-state index contributed by atoms with van der Waals surface area (Å²) in [6.45, 7) is 2.20. The predicted octanol–water partition coefficient (Wildman–Crippen LogP) is 3.65. The van der Waals surface area contributed by atoms with Gasteiger partial charge >= 0.3 is 5.97 Å². The van der Waals surface area contributed by atoms with Gasteiger partial charge in [0.2, 0.25) is 5.91 Å². The second-order valence-corrected chi connectivity index (χ2v) is 6.19. The topological polar surface area (TPSA) is 55.4 Å². The molecule has 0 saturated heterocycles. The number of amides is 1. The van der Waals surface area contributed by atoms with Crippen LogP contribution in [0.4, 0.5) is 5.69 Å². The van der Waals surface area contributed by atoms with Crippen LogP contribution in [0.25, 0.3) is 0 Å². The Morgan fingerprint density at radius 2 is 1.91 bits per heavy atom. The van der Waals surface area contributed by atoms with Crippen molar-refractivity contribution in [1.29, 1.82) is 0 Å². The molecule has 4 nitrogen and oxygen atoms in total. The highest BCUT2D eigenvalue weighted by Gasteiger charge is 2.05. The van der Waals surface area contributed by atoms with Crippen LogP contribution in [0.1, 0.15) is 38.2 Å². The van der Waals surface area contributed by atoms with Crippen molar-refractivity contribution in [2.75, 3.05) is 23.9 Å². The van der Waals surface area contributed by atoms with Crippen molar-refractivity contribution in [1.82, 2.24) is 0 Å². The van der Waals surface area contributed by atoms with Crippen molar-refractivity contribution in [2.24, 2.45) is 0 Å². The predicted molar refractivity (Wildman–Crippen MR) is 92.3 cm³/mol. The summed E-state index contributed by atoms with van der Waals surface area (Å²) < 4.78 is 4.54. The molecule has 0 heterocycles. The summed E-state index contributed by atoms with van der Waals surface area (Å²) in [6, 6.07) is 8.02. The number of methoxy groups -OCH3 is 1. The van der Waals surface area contributed by atoms with Gasteiger partial charge in [-0.3, -0.25) is 9.59 Å². The minimum atomic E-state index is -0.260. The lowest BCUT2D eigenvalue weighted by Gasteiger charge is -2.06. The molecule has 0 aliphatic carbocycles. The molecule has 0 aromatic heterocycles. The van der Waals surface area contributed by atoms with Crippen molar-refractivity contribution in [3.8, 4) is 0 Å². The minimum absolute atomic E-state index is 0.0314. The fourth-order valence-electron chi connectivity index (χ4n) is 1.94. The molecule has 0 fully saturated rings. The van der Waals surface area contributed by atoms with Crippen molar-refractivity contribution < 1.29 is 14.3 Å². The van der Waals surface area contributed by atoms with E-state index in [2.05, 4.69) is 29.1 Å². The maximum absolute atomic E-state index is 11.8. The van der Waals surface area contributed by atoms with Crippen LogP contribution in [0.2, 0.25) is 0 Å². The first-order chi connectivity index (χ1) is 10.7. The number of hydrogen-bond acceptors (Lipinski definition) is 4. The minimum Gasteiger partial charge on any atom is -0.468 e. The van der Waals surface area contributed by atoms with Gasteiger partial charge in [0.05, 0.1) is 12.9 Å². The highest BCUT2D eigenvalue weighted by atomic mass is 32.2. The molecule has 122 valence electrons. The van der Waals surface area contributed by atoms with E-state index in [9.17, 15) is 9.59 Å². The molecule has 0 atom stereocenters. The molecule has 22 heavy (non-hydrogen) atoms. The van der Waals surface area contributed by atoms with Crippen LogP contribution >= 0.6 is 11.8 Å². The molecule has 0 aliphatic rings. The first-order valence-corrected chi connectivity index (χ1v) is 8.84. The molecular formula is C17H25NO3S. The molecule has 0 aliphatic heterocycles. The van der Waals surface area contributed by atoms with Crippen molar-refractivity contribution in [3.63, 3.8) is 0 Å².